The molecule has 102 valence electrons. The first-order chi connectivity index (χ1) is 8.79. The Hall–Kier alpha value is -0.630. The van der Waals surface area contributed by atoms with Crippen molar-refractivity contribution in [2.24, 2.45) is 0 Å². The quantitative estimate of drug-likeness (QED) is 0.832. The van der Waals surface area contributed by atoms with Crippen molar-refractivity contribution in [2.45, 2.75) is 12.3 Å². The summed E-state index contributed by atoms with van der Waals surface area (Å²) < 4.78 is 37.8. The first-order valence-corrected chi connectivity index (χ1v) is 6.93. The molecule has 0 saturated carbocycles. The molecular formula is C11H6BrClF3NOS. The van der Waals surface area contributed by atoms with E-state index in [9.17, 15) is 18.3 Å². The number of hydrogen-bond acceptors (Lipinski definition) is 3. The Bertz CT molecular complexity index is 602. The maximum absolute atomic E-state index is 12.4. The lowest BCUT2D eigenvalue weighted by Crippen LogP contribution is -2.03. The Balaban J connectivity index is 2.31. The number of thiazole rings is 1. The van der Waals surface area contributed by atoms with Gasteiger partial charge in [0.05, 0.1) is 9.90 Å². The highest BCUT2D eigenvalue weighted by Crippen LogP contribution is 2.36. The summed E-state index contributed by atoms with van der Waals surface area (Å²) in [4.78, 5) is 3.40. The molecule has 8 heteroatoms. The van der Waals surface area contributed by atoms with E-state index in [4.69, 9.17) is 11.6 Å². The first-order valence-electron chi connectivity index (χ1n) is 4.95. The average Bonchev–Trinajstić information content (AvgIpc) is 2.81. The minimum absolute atomic E-state index is 0.126. The second kappa shape index (κ2) is 5.40. The zero-order chi connectivity index (χ0) is 14.2. The van der Waals surface area contributed by atoms with Gasteiger partial charge in [-0.3, -0.25) is 0 Å². The van der Waals surface area contributed by atoms with Gasteiger partial charge in [-0.2, -0.15) is 13.2 Å². The molecule has 0 radical (unpaired) electrons. The Morgan fingerprint density at radius 3 is 2.58 bits per heavy atom. The second-order valence-corrected chi connectivity index (χ2v) is 5.97. The molecule has 0 aliphatic rings. The van der Waals surface area contributed by atoms with Crippen LogP contribution in [0.1, 0.15) is 21.6 Å². The number of aliphatic hydroxyl groups is 1. The van der Waals surface area contributed by atoms with Crippen LogP contribution in [-0.2, 0) is 6.18 Å². The van der Waals surface area contributed by atoms with Gasteiger partial charge in [0.2, 0.25) is 0 Å². The van der Waals surface area contributed by atoms with Crippen molar-refractivity contribution in [3.63, 3.8) is 0 Å². The number of alkyl halides is 3. The average molecular weight is 373 g/mol. The van der Waals surface area contributed by atoms with E-state index in [0.29, 0.717) is 26.4 Å². The van der Waals surface area contributed by atoms with Crippen LogP contribution in [0, 0.1) is 0 Å². The van der Waals surface area contributed by atoms with Crippen LogP contribution in [0.2, 0.25) is 5.02 Å². The highest BCUT2D eigenvalue weighted by atomic mass is 79.9. The predicted octanol–water partition coefficient (Wildman–Crippen LogP) is 4.66. The molecule has 2 nitrogen and oxygen atoms in total. The summed E-state index contributed by atoms with van der Waals surface area (Å²) in [7, 11) is 0. The highest BCUT2D eigenvalue weighted by Gasteiger charge is 2.35. The van der Waals surface area contributed by atoms with E-state index in [1.807, 2.05) is 0 Å². The van der Waals surface area contributed by atoms with E-state index >= 15 is 0 Å². The molecule has 1 N–H and O–H groups in total. The van der Waals surface area contributed by atoms with Crippen LogP contribution < -0.4 is 0 Å². The smallest absolute Gasteiger partial charge is 0.383 e. The summed E-state index contributed by atoms with van der Waals surface area (Å²) in [6, 6.07) is 4.65. The van der Waals surface area contributed by atoms with Gasteiger partial charge in [0.1, 0.15) is 6.10 Å². The SMILES string of the molecule is OC(c1ccc(Cl)c(Br)c1)c1cnc(C(F)(F)F)s1. The molecule has 0 aliphatic heterocycles. The highest BCUT2D eigenvalue weighted by molar-refractivity contribution is 9.10. The van der Waals surface area contributed by atoms with E-state index in [1.54, 1.807) is 18.2 Å². The number of aromatic nitrogens is 1. The molecule has 1 heterocycles. The van der Waals surface area contributed by atoms with Gasteiger partial charge >= 0.3 is 6.18 Å². The molecule has 1 aromatic heterocycles. The first kappa shape index (κ1) is 14.8. The number of benzene rings is 1. The Labute approximate surface area is 124 Å². The minimum Gasteiger partial charge on any atom is -0.383 e. The molecule has 1 aromatic carbocycles. The standard InChI is InChI=1S/C11H6BrClF3NOS/c12-6-3-5(1-2-7(6)13)9(18)8-4-17-10(19-8)11(14,15)16/h1-4,9,18H. The molecule has 2 rings (SSSR count). The van der Waals surface area contributed by atoms with Gasteiger partial charge in [0.15, 0.2) is 5.01 Å². The second-order valence-electron chi connectivity index (χ2n) is 3.64. The molecule has 0 saturated heterocycles. The van der Waals surface area contributed by atoms with Gasteiger partial charge in [0, 0.05) is 10.7 Å². The van der Waals surface area contributed by atoms with Gasteiger partial charge in [-0.25, -0.2) is 4.98 Å². The molecule has 0 aliphatic carbocycles. The summed E-state index contributed by atoms with van der Waals surface area (Å²) >= 11 is 9.42. The predicted molar refractivity (Wildman–Crippen MR) is 70.3 cm³/mol. The molecule has 1 atom stereocenters. The van der Waals surface area contributed by atoms with Gasteiger partial charge < -0.3 is 5.11 Å². The number of hydrogen-bond donors (Lipinski definition) is 1. The lowest BCUT2D eigenvalue weighted by atomic mass is 10.1. The largest absolute Gasteiger partial charge is 0.443 e. The van der Waals surface area contributed by atoms with Crippen LogP contribution in [0.15, 0.2) is 28.9 Å². The molecule has 0 fully saturated rings. The van der Waals surface area contributed by atoms with Gasteiger partial charge in [0.25, 0.3) is 0 Å². The van der Waals surface area contributed by atoms with Crippen molar-refractivity contribution >= 4 is 38.9 Å². The fourth-order valence-corrected chi connectivity index (χ4v) is 2.70. The van der Waals surface area contributed by atoms with Gasteiger partial charge in [-0.05, 0) is 33.6 Å². The van der Waals surface area contributed by atoms with E-state index < -0.39 is 17.3 Å². The minimum atomic E-state index is -4.50. The van der Waals surface area contributed by atoms with E-state index in [2.05, 4.69) is 20.9 Å². The summed E-state index contributed by atoms with van der Waals surface area (Å²) in [5, 5.41) is 9.50. The van der Waals surface area contributed by atoms with Crippen LogP contribution >= 0.6 is 38.9 Å². The van der Waals surface area contributed by atoms with Gasteiger partial charge in [-0.15, -0.1) is 11.3 Å². The number of halogens is 5. The van der Waals surface area contributed by atoms with E-state index in [0.717, 1.165) is 6.20 Å². The zero-order valence-corrected chi connectivity index (χ0v) is 12.2. The summed E-state index contributed by atoms with van der Waals surface area (Å²) in [5.41, 5.74) is 0.439. The molecular weight excluding hydrogens is 367 g/mol. The third kappa shape index (κ3) is 3.28. The maximum Gasteiger partial charge on any atom is 0.443 e. The van der Waals surface area contributed by atoms with Crippen molar-refractivity contribution in [3.8, 4) is 0 Å². The van der Waals surface area contributed by atoms with E-state index in [1.165, 1.54) is 0 Å². The number of nitrogens with zero attached hydrogens (tertiary/aromatic N) is 1. The molecule has 0 bridgehead atoms. The van der Waals surface area contributed by atoms with Crippen LogP contribution in [-0.4, -0.2) is 10.1 Å². The van der Waals surface area contributed by atoms with E-state index in [-0.39, 0.29) is 4.88 Å². The van der Waals surface area contributed by atoms with Crippen molar-refractivity contribution in [3.05, 3.63) is 49.3 Å². The summed E-state index contributed by atoms with van der Waals surface area (Å²) in [6.45, 7) is 0. The monoisotopic (exact) mass is 371 g/mol. The van der Waals surface area contributed by atoms with Crippen molar-refractivity contribution < 1.29 is 18.3 Å². The fourth-order valence-electron chi connectivity index (χ4n) is 1.39. The van der Waals surface area contributed by atoms with Crippen LogP contribution in [0.5, 0.6) is 0 Å². The lowest BCUT2D eigenvalue weighted by molar-refractivity contribution is -0.137. The number of aliphatic hydroxyl groups excluding tert-OH is 1. The molecule has 0 spiro atoms. The van der Waals surface area contributed by atoms with Crippen molar-refractivity contribution in [1.82, 2.24) is 4.98 Å². The normalized spacial score (nSPS) is 13.6. The Morgan fingerprint density at radius 2 is 2.05 bits per heavy atom. The van der Waals surface area contributed by atoms with Crippen molar-refractivity contribution in [1.29, 1.82) is 0 Å². The molecule has 0 amide bonds. The van der Waals surface area contributed by atoms with Crippen molar-refractivity contribution in [2.75, 3.05) is 0 Å². The molecule has 1 unspecified atom stereocenters. The fraction of sp³-hybridized carbons (Fsp3) is 0.182. The molecule has 2 aromatic rings. The Morgan fingerprint density at radius 1 is 1.37 bits per heavy atom. The third-order valence-corrected chi connectivity index (χ3v) is 4.60. The molecule has 19 heavy (non-hydrogen) atoms. The Kier molecular flexibility index (Phi) is 4.20. The van der Waals surface area contributed by atoms with Gasteiger partial charge in [-0.1, -0.05) is 17.7 Å². The summed E-state index contributed by atoms with van der Waals surface area (Å²) in [5.74, 6) is 0. The van der Waals surface area contributed by atoms with Crippen LogP contribution in [0.25, 0.3) is 0 Å². The summed E-state index contributed by atoms with van der Waals surface area (Å²) in [6.07, 6.45) is -4.63. The van der Waals surface area contributed by atoms with Crippen LogP contribution in [0.3, 0.4) is 0 Å². The third-order valence-electron chi connectivity index (χ3n) is 2.29. The topological polar surface area (TPSA) is 33.1 Å². The van der Waals surface area contributed by atoms with Crippen LogP contribution in [0.4, 0.5) is 13.2 Å². The number of rotatable bonds is 2. The maximum atomic E-state index is 12.4. The lowest BCUT2D eigenvalue weighted by Gasteiger charge is -2.09. The zero-order valence-electron chi connectivity index (χ0n) is 9.08.